The van der Waals surface area contributed by atoms with Crippen LogP contribution in [0.5, 0.6) is 0 Å². The van der Waals surface area contributed by atoms with Crippen molar-refractivity contribution in [2.24, 2.45) is 5.92 Å². The average Bonchev–Trinajstić information content (AvgIpc) is 2.80. The highest BCUT2D eigenvalue weighted by Crippen LogP contribution is 2.38. The first kappa shape index (κ1) is 12.1. The van der Waals surface area contributed by atoms with Crippen LogP contribution in [-0.2, 0) is 18.4 Å². The Hall–Kier alpha value is -0.410. The molecular formula is C13H22N2S. The molecule has 0 amide bonds. The van der Waals surface area contributed by atoms with Crippen molar-refractivity contribution in [2.45, 2.75) is 52.0 Å². The monoisotopic (exact) mass is 238 g/mol. The summed E-state index contributed by atoms with van der Waals surface area (Å²) in [5.74, 6) is 0.578. The average molecular weight is 238 g/mol. The van der Waals surface area contributed by atoms with Crippen LogP contribution in [0.3, 0.4) is 0 Å². The number of aryl methyl sites for hydroxylation is 2. The molecule has 16 heavy (non-hydrogen) atoms. The van der Waals surface area contributed by atoms with E-state index in [0.717, 1.165) is 6.42 Å². The molecule has 1 aromatic rings. The van der Waals surface area contributed by atoms with Crippen molar-refractivity contribution in [3.8, 4) is 0 Å². The molecule has 1 atom stereocenters. The number of aromatic nitrogens is 1. The van der Waals surface area contributed by atoms with Crippen LogP contribution >= 0.6 is 11.3 Å². The maximum atomic E-state index is 4.88. The number of hydrogen-bond acceptors (Lipinski definition) is 3. The molecule has 3 heteroatoms. The molecule has 1 aliphatic carbocycles. The third kappa shape index (κ3) is 1.70. The molecule has 2 rings (SSSR count). The van der Waals surface area contributed by atoms with E-state index in [1.807, 2.05) is 11.3 Å². The van der Waals surface area contributed by atoms with Crippen LogP contribution in [0, 0.1) is 5.92 Å². The standard InChI is InChI=1S/C13H22N2S/c1-5-13(14-4,9(2)3)12-15-10-7-6-8-11(10)16-12/h9,14H,5-8H2,1-4H3. The van der Waals surface area contributed by atoms with E-state index in [1.165, 1.54) is 34.8 Å². The lowest BCUT2D eigenvalue weighted by atomic mass is 9.84. The molecule has 0 bridgehead atoms. The fourth-order valence-corrected chi connectivity index (χ4v) is 4.33. The quantitative estimate of drug-likeness (QED) is 0.872. The summed E-state index contributed by atoms with van der Waals surface area (Å²) in [6, 6.07) is 0. The Bertz CT molecular complexity index is 343. The van der Waals surface area contributed by atoms with Crippen LogP contribution in [0.4, 0.5) is 0 Å². The molecule has 1 aromatic heterocycles. The Labute approximate surface area is 102 Å². The van der Waals surface area contributed by atoms with Gasteiger partial charge < -0.3 is 5.32 Å². The Kier molecular flexibility index (Phi) is 3.36. The Balaban J connectivity index is 2.39. The minimum Gasteiger partial charge on any atom is -0.308 e. The van der Waals surface area contributed by atoms with Crippen LogP contribution < -0.4 is 5.32 Å². The van der Waals surface area contributed by atoms with Gasteiger partial charge in [0.25, 0.3) is 0 Å². The van der Waals surface area contributed by atoms with Gasteiger partial charge in [0.05, 0.1) is 11.2 Å². The summed E-state index contributed by atoms with van der Waals surface area (Å²) in [6.07, 6.45) is 4.84. The van der Waals surface area contributed by atoms with Gasteiger partial charge >= 0.3 is 0 Å². The molecule has 0 aliphatic heterocycles. The van der Waals surface area contributed by atoms with Crippen LogP contribution in [0.25, 0.3) is 0 Å². The lowest BCUT2D eigenvalue weighted by Crippen LogP contribution is -2.44. The zero-order valence-corrected chi connectivity index (χ0v) is 11.6. The van der Waals surface area contributed by atoms with Crippen LogP contribution in [0.1, 0.15) is 49.2 Å². The lowest BCUT2D eigenvalue weighted by Gasteiger charge is -2.34. The van der Waals surface area contributed by atoms with Crippen molar-refractivity contribution in [3.05, 3.63) is 15.6 Å². The second-order valence-corrected chi connectivity index (χ2v) is 6.06. The summed E-state index contributed by atoms with van der Waals surface area (Å²) in [5, 5.41) is 4.82. The number of rotatable bonds is 4. The van der Waals surface area contributed by atoms with Gasteiger partial charge in [-0.3, -0.25) is 0 Å². The van der Waals surface area contributed by atoms with Crippen LogP contribution in [-0.4, -0.2) is 12.0 Å². The Morgan fingerprint density at radius 2 is 2.19 bits per heavy atom. The molecule has 0 spiro atoms. The molecule has 1 unspecified atom stereocenters. The maximum Gasteiger partial charge on any atom is 0.113 e. The van der Waals surface area contributed by atoms with Gasteiger partial charge in [0.1, 0.15) is 5.01 Å². The van der Waals surface area contributed by atoms with Gasteiger partial charge in [0, 0.05) is 4.88 Å². The number of fused-ring (bicyclic) bond motifs is 1. The third-order valence-corrected chi connectivity index (χ3v) is 5.30. The maximum absolute atomic E-state index is 4.88. The zero-order valence-electron chi connectivity index (χ0n) is 10.8. The molecule has 2 nitrogen and oxygen atoms in total. The van der Waals surface area contributed by atoms with Gasteiger partial charge in [-0.1, -0.05) is 20.8 Å². The summed E-state index contributed by atoms with van der Waals surface area (Å²) in [7, 11) is 2.07. The fourth-order valence-electron chi connectivity index (χ4n) is 2.76. The van der Waals surface area contributed by atoms with E-state index in [2.05, 4.69) is 33.1 Å². The van der Waals surface area contributed by atoms with E-state index in [9.17, 15) is 0 Å². The first-order chi connectivity index (χ1) is 7.64. The minimum absolute atomic E-state index is 0.0784. The summed E-state index contributed by atoms with van der Waals surface area (Å²) < 4.78 is 0. The molecule has 90 valence electrons. The van der Waals surface area contributed by atoms with Crippen molar-refractivity contribution in [1.82, 2.24) is 10.3 Å². The third-order valence-electron chi connectivity index (χ3n) is 3.97. The first-order valence-corrected chi connectivity index (χ1v) is 7.13. The molecule has 0 fully saturated rings. The SMILES string of the molecule is CCC(NC)(c1nc2c(s1)CCC2)C(C)C. The zero-order chi connectivity index (χ0) is 11.8. The number of thiazole rings is 1. The fraction of sp³-hybridized carbons (Fsp3) is 0.769. The molecule has 0 radical (unpaired) electrons. The second-order valence-electron chi connectivity index (χ2n) is 4.97. The topological polar surface area (TPSA) is 24.9 Å². The van der Waals surface area contributed by atoms with Gasteiger partial charge in [0.15, 0.2) is 0 Å². The van der Waals surface area contributed by atoms with Crippen molar-refractivity contribution >= 4 is 11.3 Å². The molecular weight excluding hydrogens is 216 g/mol. The van der Waals surface area contributed by atoms with E-state index in [4.69, 9.17) is 4.98 Å². The van der Waals surface area contributed by atoms with Gasteiger partial charge in [-0.15, -0.1) is 11.3 Å². The summed E-state index contributed by atoms with van der Waals surface area (Å²) in [5.41, 5.74) is 1.45. The summed E-state index contributed by atoms with van der Waals surface area (Å²) in [6.45, 7) is 6.82. The Morgan fingerprint density at radius 1 is 1.44 bits per heavy atom. The lowest BCUT2D eigenvalue weighted by molar-refractivity contribution is 0.245. The predicted octanol–water partition coefficient (Wildman–Crippen LogP) is 3.11. The molecule has 0 saturated carbocycles. The normalized spacial score (nSPS) is 18.8. The van der Waals surface area contributed by atoms with Gasteiger partial charge in [-0.05, 0) is 38.6 Å². The van der Waals surface area contributed by atoms with E-state index >= 15 is 0 Å². The highest BCUT2D eigenvalue weighted by Gasteiger charge is 2.36. The van der Waals surface area contributed by atoms with E-state index in [0.29, 0.717) is 5.92 Å². The number of nitrogens with zero attached hydrogens (tertiary/aromatic N) is 1. The summed E-state index contributed by atoms with van der Waals surface area (Å²) in [4.78, 5) is 6.41. The highest BCUT2D eigenvalue weighted by atomic mass is 32.1. The second kappa shape index (κ2) is 4.46. The van der Waals surface area contributed by atoms with Gasteiger partial charge in [0.2, 0.25) is 0 Å². The number of nitrogens with one attached hydrogen (secondary N) is 1. The van der Waals surface area contributed by atoms with Crippen molar-refractivity contribution < 1.29 is 0 Å². The first-order valence-electron chi connectivity index (χ1n) is 6.32. The highest BCUT2D eigenvalue weighted by molar-refractivity contribution is 7.12. The number of hydrogen-bond donors (Lipinski definition) is 1. The predicted molar refractivity (Wildman–Crippen MR) is 70.0 cm³/mol. The van der Waals surface area contributed by atoms with Gasteiger partial charge in [-0.25, -0.2) is 4.98 Å². The molecule has 1 aliphatic rings. The van der Waals surface area contributed by atoms with E-state index in [1.54, 1.807) is 0 Å². The van der Waals surface area contributed by atoms with Crippen LogP contribution in [0.2, 0.25) is 0 Å². The smallest absolute Gasteiger partial charge is 0.113 e. The minimum atomic E-state index is 0.0784. The molecule has 1 heterocycles. The molecule has 0 saturated heterocycles. The van der Waals surface area contributed by atoms with Crippen molar-refractivity contribution in [2.75, 3.05) is 7.05 Å². The largest absolute Gasteiger partial charge is 0.308 e. The van der Waals surface area contributed by atoms with Crippen molar-refractivity contribution in [1.29, 1.82) is 0 Å². The van der Waals surface area contributed by atoms with E-state index in [-0.39, 0.29) is 5.54 Å². The van der Waals surface area contributed by atoms with Gasteiger partial charge in [-0.2, -0.15) is 0 Å². The van der Waals surface area contributed by atoms with Crippen LogP contribution in [0.15, 0.2) is 0 Å². The molecule has 1 N–H and O–H groups in total. The van der Waals surface area contributed by atoms with E-state index < -0.39 is 0 Å². The molecule has 0 aromatic carbocycles. The Morgan fingerprint density at radius 3 is 2.69 bits per heavy atom. The summed E-state index contributed by atoms with van der Waals surface area (Å²) >= 11 is 1.93. The van der Waals surface area contributed by atoms with Crippen molar-refractivity contribution in [3.63, 3.8) is 0 Å².